The van der Waals surface area contributed by atoms with Crippen LogP contribution in [0, 0.1) is 0 Å². The largest absolute Gasteiger partial charge is 0.412 e. The first-order valence-corrected chi connectivity index (χ1v) is 0. The molecule has 0 aliphatic rings. The van der Waals surface area contributed by atoms with E-state index in [1.807, 2.05) is 0 Å². The minimum atomic E-state index is 0. The van der Waals surface area contributed by atoms with Gasteiger partial charge in [-0.2, -0.15) is 0 Å². The zero-order valence-corrected chi connectivity index (χ0v) is 4.86. The molecule has 34 valence electrons. The zero-order valence-electron chi connectivity index (χ0n) is 2.69. The van der Waals surface area contributed by atoms with Crippen molar-refractivity contribution < 1.29 is 44.5 Å². The van der Waals surface area contributed by atoms with Crippen LogP contribution in [0.5, 0.6) is 0 Å². The van der Waals surface area contributed by atoms with Gasteiger partial charge in [0.25, 0.3) is 0 Å². The molecular weight excluding hydrogens is 153 g/mol. The van der Waals surface area contributed by atoms with Gasteiger partial charge < -0.3 is 11.0 Å². The Balaban J connectivity index is 0. The first kappa shape index (κ1) is 85.3. The van der Waals surface area contributed by atoms with Crippen molar-refractivity contribution in [3.05, 3.63) is 0 Å². The van der Waals surface area contributed by atoms with E-state index < -0.39 is 0 Å². The van der Waals surface area contributed by atoms with E-state index in [-0.39, 0.29) is 63.4 Å². The van der Waals surface area contributed by atoms with Crippen molar-refractivity contribution in [3.63, 3.8) is 0 Å². The molecule has 5 heavy (non-hydrogen) atoms. The standard InChI is InChI=1S/Li.Mn.Ni.2H2O/h;;;2*1H2. The second-order valence-electron chi connectivity index (χ2n) is 0. The van der Waals surface area contributed by atoms with Crippen molar-refractivity contribution in [1.29, 1.82) is 0 Å². The van der Waals surface area contributed by atoms with Crippen molar-refractivity contribution in [1.82, 2.24) is 0 Å². The molecule has 0 saturated carbocycles. The van der Waals surface area contributed by atoms with E-state index in [0.717, 1.165) is 0 Å². The van der Waals surface area contributed by atoms with Crippen molar-refractivity contribution in [2.24, 2.45) is 0 Å². The average molecular weight is 157 g/mol. The number of hydrogen-bond donors (Lipinski definition) is 0. The Morgan fingerprint density at radius 1 is 0.800 bits per heavy atom. The van der Waals surface area contributed by atoms with Crippen molar-refractivity contribution in [3.8, 4) is 0 Å². The van der Waals surface area contributed by atoms with Gasteiger partial charge in [-0.3, -0.25) is 0 Å². The maximum absolute atomic E-state index is 0. The molecule has 0 spiro atoms. The fourth-order valence-electron chi connectivity index (χ4n) is 0. The van der Waals surface area contributed by atoms with E-state index in [1.54, 1.807) is 0 Å². The topological polar surface area (TPSA) is 63.0 Å². The first-order valence-electron chi connectivity index (χ1n) is 0. The molecule has 0 aromatic heterocycles. The quantitative estimate of drug-likeness (QED) is 0.363. The third-order valence-corrected chi connectivity index (χ3v) is 0. The summed E-state index contributed by atoms with van der Waals surface area (Å²) in [6, 6.07) is 0. The smallest absolute Gasteiger partial charge is 0 e. The Labute approximate surface area is 63.3 Å². The Morgan fingerprint density at radius 3 is 0.800 bits per heavy atom. The van der Waals surface area contributed by atoms with Crippen LogP contribution in [0.1, 0.15) is 0 Å². The molecule has 0 rings (SSSR count). The third kappa shape index (κ3) is 29.4. The summed E-state index contributed by atoms with van der Waals surface area (Å²) >= 11 is 0. The molecule has 0 aromatic carbocycles. The monoisotopic (exact) mass is 156 g/mol. The van der Waals surface area contributed by atoms with Gasteiger partial charge >= 0.3 is 0 Å². The van der Waals surface area contributed by atoms with Crippen molar-refractivity contribution >= 4 is 18.9 Å². The Bertz CT molecular complexity index is 9.61. The van der Waals surface area contributed by atoms with Crippen LogP contribution in [0.4, 0.5) is 0 Å². The maximum atomic E-state index is 0. The fraction of sp³-hybridized carbons (Fsp3) is 0. The molecular formula is H4LiMnNiO2. The van der Waals surface area contributed by atoms with Crippen LogP contribution in [0.3, 0.4) is 0 Å². The van der Waals surface area contributed by atoms with Crippen LogP contribution < -0.4 is 0 Å². The average Bonchev–Trinajstić information content (AvgIpc) is 0. The molecule has 0 bridgehead atoms. The summed E-state index contributed by atoms with van der Waals surface area (Å²) < 4.78 is 0. The van der Waals surface area contributed by atoms with Crippen LogP contribution >= 0.6 is 0 Å². The molecule has 2 radical (unpaired) electrons. The van der Waals surface area contributed by atoms with Gasteiger partial charge in [0, 0.05) is 52.4 Å². The maximum Gasteiger partial charge on any atom is 0 e. The van der Waals surface area contributed by atoms with E-state index >= 15 is 0 Å². The van der Waals surface area contributed by atoms with E-state index in [1.165, 1.54) is 0 Å². The summed E-state index contributed by atoms with van der Waals surface area (Å²) in [5.41, 5.74) is 0. The van der Waals surface area contributed by atoms with Crippen LogP contribution in [0.2, 0.25) is 0 Å². The second-order valence-corrected chi connectivity index (χ2v) is 0. The fourth-order valence-corrected chi connectivity index (χ4v) is 0. The normalized spacial score (nSPS) is 0. The summed E-state index contributed by atoms with van der Waals surface area (Å²) in [6.45, 7) is 0. The summed E-state index contributed by atoms with van der Waals surface area (Å²) in [5, 5.41) is 0. The van der Waals surface area contributed by atoms with Gasteiger partial charge in [-0.1, -0.05) is 0 Å². The predicted molar refractivity (Wildman–Crippen MR) is 13.0 cm³/mol. The van der Waals surface area contributed by atoms with Gasteiger partial charge in [-0.15, -0.1) is 0 Å². The molecule has 0 unspecified atom stereocenters. The molecule has 5 heteroatoms. The van der Waals surface area contributed by atoms with E-state index in [0.29, 0.717) is 0 Å². The van der Waals surface area contributed by atoms with E-state index in [2.05, 4.69) is 0 Å². The molecule has 0 aliphatic heterocycles. The van der Waals surface area contributed by atoms with Crippen LogP contribution in [0.15, 0.2) is 0 Å². The Morgan fingerprint density at radius 2 is 0.800 bits per heavy atom. The van der Waals surface area contributed by atoms with E-state index in [9.17, 15) is 0 Å². The molecule has 0 aliphatic carbocycles. The van der Waals surface area contributed by atoms with Crippen LogP contribution in [0.25, 0.3) is 0 Å². The molecule has 0 heterocycles. The summed E-state index contributed by atoms with van der Waals surface area (Å²) in [5.74, 6) is 0. The van der Waals surface area contributed by atoms with E-state index in [4.69, 9.17) is 0 Å². The molecule has 0 aromatic rings. The second kappa shape index (κ2) is 48.5. The number of hydrogen-bond acceptors (Lipinski definition) is 0. The molecule has 0 atom stereocenters. The molecule has 4 N–H and O–H groups in total. The van der Waals surface area contributed by atoms with Gasteiger partial charge in [0.2, 0.25) is 0 Å². The zero-order chi connectivity index (χ0) is 0. The van der Waals surface area contributed by atoms with Crippen LogP contribution in [-0.4, -0.2) is 29.8 Å². The van der Waals surface area contributed by atoms with Gasteiger partial charge in [0.15, 0.2) is 0 Å². The predicted octanol–water partition coefficient (Wildman–Crippen LogP) is -2.04. The van der Waals surface area contributed by atoms with Gasteiger partial charge in [0.05, 0.1) is 0 Å². The summed E-state index contributed by atoms with van der Waals surface area (Å²) in [7, 11) is 0. The molecule has 2 nitrogen and oxygen atoms in total. The minimum Gasteiger partial charge on any atom is -0.412 e. The number of rotatable bonds is 0. The van der Waals surface area contributed by atoms with Gasteiger partial charge in [-0.05, 0) is 0 Å². The minimum absolute atomic E-state index is 0. The SMILES string of the molecule is O.O.[Li].[Mn].[Ni]. The van der Waals surface area contributed by atoms with Gasteiger partial charge in [-0.25, -0.2) is 0 Å². The molecule has 0 saturated heterocycles. The Kier molecular flexibility index (Phi) is 827. The van der Waals surface area contributed by atoms with Crippen molar-refractivity contribution in [2.75, 3.05) is 0 Å². The summed E-state index contributed by atoms with van der Waals surface area (Å²) in [4.78, 5) is 0. The van der Waals surface area contributed by atoms with Crippen LogP contribution in [-0.2, 0) is 33.6 Å². The summed E-state index contributed by atoms with van der Waals surface area (Å²) in [6.07, 6.45) is 0. The van der Waals surface area contributed by atoms with Crippen molar-refractivity contribution in [2.45, 2.75) is 0 Å². The third-order valence-electron chi connectivity index (χ3n) is 0. The van der Waals surface area contributed by atoms with Gasteiger partial charge in [0.1, 0.15) is 0 Å². The Hall–Kier alpha value is 1.53. The molecule has 0 amide bonds. The molecule has 0 fully saturated rings. The first-order chi connectivity index (χ1) is 0.